The van der Waals surface area contributed by atoms with E-state index in [0.717, 1.165) is 0 Å². The van der Waals surface area contributed by atoms with Gasteiger partial charge in [-0.05, 0) is 61.5 Å². The molecule has 1 rings (SSSR count). The lowest BCUT2D eigenvalue weighted by Gasteiger charge is -2.42. The summed E-state index contributed by atoms with van der Waals surface area (Å²) in [7, 11) is -4.28. The largest absolute Gasteiger partial charge is 0.481 e. The average Bonchev–Trinajstić information content (AvgIpc) is 2.76. The van der Waals surface area contributed by atoms with Gasteiger partial charge in [-0.15, -0.1) is 0 Å². The summed E-state index contributed by atoms with van der Waals surface area (Å²) < 4.78 is 33.0. The van der Waals surface area contributed by atoms with Gasteiger partial charge in [0.25, 0.3) is 5.91 Å². The zero-order valence-corrected chi connectivity index (χ0v) is 26.1. The zero-order chi connectivity index (χ0) is 28.8. The second-order valence-corrected chi connectivity index (χ2v) is 18.8. The van der Waals surface area contributed by atoms with E-state index in [4.69, 9.17) is 4.43 Å². The number of rotatable bonds is 14. The predicted octanol–water partition coefficient (Wildman–Crippen LogP) is 5.51. The number of nitrogens with one attached hydrogen (secondary N) is 1. The van der Waals surface area contributed by atoms with Crippen LogP contribution in [0.1, 0.15) is 78.1 Å². The van der Waals surface area contributed by atoms with E-state index in [1.807, 2.05) is 0 Å². The Balaban J connectivity index is 3.36. The quantitative estimate of drug-likeness (QED) is 0.292. The fourth-order valence-corrected chi connectivity index (χ4v) is 6.36. The highest BCUT2D eigenvalue weighted by Crippen LogP contribution is 2.39. The summed E-state index contributed by atoms with van der Waals surface area (Å²) in [5.41, 5.74) is 0.747. The Bertz CT molecular complexity index is 1020. The molecule has 8 nitrogen and oxygen atoms in total. The van der Waals surface area contributed by atoms with Crippen LogP contribution in [0.15, 0.2) is 24.3 Å². The summed E-state index contributed by atoms with van der Waals surface area (Å²) >= 11 is 0. The molecule has 0 bridgehead atoms. The highest BCUT2D eigenvalue weighted by molar-refractivity contribution is 7.92. The van der Waals surface area contributed by atoms with Crippen LogP contribution in [0.25, 0.3) is 0 Å². The van der Waals surface area contributed by atoms with Gasteiger partial charge in [-0.1, -0.05) is 54.5 Å². The van der Waals surface area contributed by atoms with E-state index >= 15 is 0 Å². The minimum atomic E-state index is -3.48. The van der Waals surface area contributed by atoms with Gasteiger partial charge in [0.1, 0.15) is 0 Å². The van der Waals surface area contributed by atoms with Gasteiger partial charge in [0.05, 0.1) is 29.5 Å². The van der Waals surface area contributed by atoms with Crippen LogP contribution in [0.5, 0.6) is 0 Å². The van der Waals surface area contributed by atoms with Crippen molar-refractivity contribution in [3.63, 3.8) is 0 Å². The smallest absolute Gasteiger partial charge is 0.306 e. The number of amides is 1. The number of aliphatic carboxylic acids is 1. The molecule has 0 saturated heterocycles. The minimum absolute atomic E-state index is 0.0185. The summed E-state index contributed by atoms with van der Waals surface area (Å²) in [6.07, 6.45) is 0.905. The van der Waals surface area contributed by atoms with Crippen LogP contribution in [-0.2, 0) is 19.2 Å². The molecule has 212 valence electrons. The van der Waals surface area contributed by atoms with Gasteiger partial charge in [0.15, 0.2) is 8.32 Å². The highest BCUT2D eigenvalue weighted by Gasteiger charge is 2.42. The molecule has 0 aliphatic heterocycles. The summed E-state index contributed by atoms with van der Waals surface area (Å²) in [6, 6.07) is 6.13. The molecule has 1 amide bonds. The van der Waals surface area contributed by atoms with Crippen molar-refractivity contribution in [1.82, 2.24) is 5.32 Å². The van der Waals surface area contributed by atoms with Crippen molar-refractivity contribution in [2.24, 2.45) is 11.8 Å². The molecule has 0 spiro atoms. The van der Waals surface area contributed by atoms with Crippen LogP contribution >= 0.6 is 0 Å². The molecular weight excluding hydrogens is 508 g/mol. The lowest BCUT2D eigenvalue weighted by Crippen LogP contribution is -2.53. The first-order chi connectivity index (χ1) is 16.8. The molecule has 0 aromatic heterocycles. The molecule has 1 aromatic carbocycles. The van der Waals surface area contributed by atoms with Crippen molar-refractivity contribution in [3.05, 3.63) is 29.8 Å². The van der Waals surface area contributed by atoms with Gasteiger partial charge in [0, 0.05) is 12.6 Å². The fourth-order valence-electron chi connectivity index (χ4n) is 3.76. The molecule has 0 radical (unpaired) electrons. The van der Waals surface area contributed by atoms with Crippen molar-refractivity contribution in [2.75, 3.05) is 17.1 Å². The van der Waals surface area contributed by atoms with E-state index in [2.05, 4.69) is 53.0 Å². The maximum absolute atomic E-state index is 13.4. The van der Waals surface area contributed by atoms with Crippen molar-refractivity contribution in [2.45, 2.75) is 98.0 Å². The number of carbonyl (C=O) groups is 2. The molecule has 0 fully saturated rings. The number of sulfonamides is 1. The molecule has 3 atom stereocenters. The maximum atomic E-state index is 13.4. The molecule has 0 aliphatic carbocycles. The number of nitrogens with zero attached hydrogens (tertiary/aromatic N) is 1. The third kappa shape index (κ3) is 9.72. The SMILES string of the molecule is CCCS(=O)(=O)N(C)c1cccc(C(=O)N[C@@H](CC(C)C)[C@H](C[C@@H](C)C(=O)O)O[Si](C)(C)C(C)(C)C)c1. The van der Waals surface area contributed by atoms with E-state index in [0.29, 0.717) is 24.1 Å². The van der Waals surface area contributed by atoms with E-state index in [1.165, 1.54) is 11.4 Å². The average molecular weight is 557 g/mol. The summed E-state index contributed by atoms with van der Waals surface area (Å²) in [5.74, 6) is -1.64. The van der Waals surface area contributed by atoms with Crippen LogP contribution in [0, 0.1) is 11.8 Å². The number of anilines is 1. The maximum Gasteiger partial charge on any atom is 0.306 e. The van der Waals surface area contributed by atoms with Crippen LogP contribution < -0.4 is 9.62 Å². The Morgan fingerprint density at radius 3 is 2.22 bits per heavy atom. The summed E-state index contributed by atoms with van der Waals surface area (Å²) in [4.78, 5) is 25.2. The highest BCUT2D eigenvalue weighted by atomic mass is 32.2. The number of hydrogen-bond donors (Lipinski definition) is 2. The Morgan fingerprint density at radius 1 is 1.14 bits per heavy atom. The topological polar surface area (TPSA) is 113 Å². The summed E-state index contributed by atoms with van der Waals surface area (Å²) in [6.45, 7) is 18.2. The third-order valence-corrected chi connectivity index (χ3v) is 13.6. The van der Waals surface area contributed by atoms with Crippen LogP contribution in [0.4, 0.5) is 5.69 Å². The van der Waals surface area contributed by atoms with E-state index in [9.17, 15) is 23.1 Å². The first kappa shape index (κ1) is 33.1. The van der Waals surface area contributed by atoms with Crippen molar-refractivity contribution in [1.29, 1.82) is 0 Å². The van der Waals surface area contributed by atoms with Gasteiger partial charge in [-0.2, -0.15) is 0 Å². The van der Waals surface area contributed by atoms with E-state index in [-0.39, 0.29) is 29.0 Å². The van der Waals surface area contributed by atoms with Gasteiger partial charge in [-0.25, -0.2) is 8.42 Å². The van der Waals surface area contributed by atoms with E-state index in [1.54, 1.807) is 38.1 Å². The minimum Gasteiger partial charge on any atom is -0.481 e. The molecule has 0 unspecified atom stereocenters. The Morgan fingerprint density at radius 2 is 1.73 bits per heavy atom. The lowest BCUT2D eigenvalue weighted by molar-refractivity contribution is -0.142. The van der Waals surface area contributed by atoms with E-state index < -0.39 is 42.4 Å². The Kier molecular flexibility index (Phi) is 11.9. The Hall–Kier alpha value is -1.91. The molecule has 2 N–H and O–H groups in total. The molecule has 0 heterocycles. The van der Waals surface area contributed by atoms with Gasteiger partial charge in [0.2, 0.25) is 10.0 Å². The first-order valence-corrected chi connectivity index (χ1v) is 17.6. The predicted molar refractivity (Wildman–Crippen MR) is 153 cm³/mol. The zero-order valence-electron chi connectivity index (χ0n) is 24.3. The lowest BCUT2D eigenvalue weighted by atomic mass is 9.92. The first-order valence-electron chi connectivity index (χ1n) is 13.1. The molecule has 10 heteroatoms. The normalized spacial score (nSPS) is 15.2. The molecular formula is C27H48N2O6SSi. The van der Waals surface area contributed by atoms with Gasteiger partial charge >= 0.3 is 5.97 Å². The second-order valence-electron chi connectivity index (χ2n) is 11.9. The van der Waals surface area contributed by atoms with Crippen molar-refractivity contribution >= 4 is 35.9 Å². The molecule has 0 saturated carbocycles. The molecule has 37 heavy (non-hydrogen) atoms. The number of hydrogen-bond acceptors (Lipinski definition) is 5. The number of carboxylic acid groups (broad SMARTS) is 1. The van der Waals surface area contributed by atoms with Crippen molar-refractivity contribution < 1.29 is 27.5 Å². The van der Waals surface area contributed by atoms with Gasteiger partial charge in [-0.3, -0.25) is 13.9 Å². The fraction of sp³-hybridized carbons (Fsp3) is 0.704. The second kappa shape index (κ2) is 13.2. The van der Waals surface area contributed by atoms with Gasteiger partial charge < -0.3 is 14.8 Å². The summed E-state index contributed by atoms with van der Waals surface area (Å²) in [5, 5.41) is 12.6. The molecule has 0 aliphatic rings. The Labute approximate surface area is 225 Å². The number of carboxylic acids is 1. The number of benzene rings is 1. The van der Waals surface area contributed by atoms with Crippen LogP contribution in [0.3, 0.4) is 0 Å². The molecule has 1 aromatic rings. The van der Waals surface area contributed by atoms with Crippen LogP contribution in [-0.4, -0.2) is 58.7 Å². The van der Waals surface area contributed by atoms with Crippen molar-refractivity contribution in [3.8, 4) is 0 Å². The monoisotopic (exact) mass is 556 g/mol. The van der Waals surface area contributed by atoms with Crippen LogP contribution in [0.2, 0.25) is 18.1 Å². The number of carbonyl (C=O) groups excluding carboxylic acids is 1. The third-order valence-electron chi connectivity index (χ3n) is 7.10. The standard InChI is InChI=1S/C27H48N2O6SSi/c1-11-15-36(33,34)29(8)22-14-12-13-21(18-22)25(30)28-23(16-19(2)3)24(17-20(4)26(31)32)35-37(9,10)27(5,6)7/h12-14,18-20,23-24H,11,15-17H2,1-10H3,(H,28,30)(H,31,32)/t20-,23+,24+/m1/s1.